The number of likely N-dealkylation sites (N-methyl/N-ethyl adjacent to an activating group) is 1. The summed E-state index contributed by atoms with van der Waals surface area (Å²) in [6.45, 7) is 1.60. The number of methoxy groups -OCH3 is 2. The van der Waals surface area contributed by atoms with Crippen molar-refractivity contribution in [2.45, 2.75) is 13.0 Å². The van der Waals surface area contributed by atoms with Crippen molar-refractivity contribution in [3.8, 4) is 5.75 Å². The van der Waals surface area contributed by atoms with E-state index in [1.54, 1.807) is 14.2 Å². The Balaban J connectivity index is 2.81. The molecular weight excluding hydrogens is 190 g/mol. The van der Waals surface area contributed by atoms with Crippen molar-refractivity contribution in [2.75, 3.05) is 27.8 Å². The Bertz CT molecular complexity index is 300. The van der Waals surface area contributed by atoms with E-state index in [1.807, 2.05) is 19.2 Å². The van der Waals surface area contributed by atoms with Gasteiger partial charge in [-0.15, -0.1) is 0 Å². The van der Waals surface area contributed by atoms with Gasteiger partial charge >= 0.3 is 0 Å². The van der Waals surface area contributed by atoms with Gasteiger partial charge in [0.1, 0.15) is 5.75 Å². The Labute approximate surface area is 91.4 Å². The van der Waals surface area contributed by atoms with Crippen molar-refractivity contribution < 1.29 is 9.47 Å². The highest BCUT2D eigenvalue weighted by molar-refractivity contribution is 5.37. The maximum Gasteiger partial charge on any atom is 0.122 e. The third-order valence-corrected chi connectivity index (χ3v) is 2.30. The van der Waals surface area contributed by atoms with Gasteiger partial charge in [0, 0.05) is 7.11 Å². The normalized spacial score (nSPS) is 10.3. The molecule has 0 fully saturated rings. The minimum absolute atomic E-state index is 0.649. The third kappa shape index (κ3) is 3.53. The van der Waals surface area contributed by atoms with Gasteiger partial charge in [0.05, 0.1) is 13.7 Å². The summed E-state index contributed by atoms with van der Waals surface area (Å²) in [6, 6.07) is 6.17. The topological polar surface area (TPSA) is 30.5 Å². The number of ether oxygens (including phenoxy) is 2. The summed E-state index contributed by atoms with van der Waals surface area (Å²) < 4.78 is 10.4. The minimum Gasteiger partial charge on any atom is -0.496 e. The number of hydrogen-bond donors (Lipinski definition) is 1. The maximum absolute atomic E-state index is 5.31. The molecule has 84 valence electrons. The van der Waals surface area contributed by atoms with Gasteiger partial charge in [-0.05, 0) is 43.3 Å². The second-order valence-corrected chi connectivity index (χ2v) is 3.43. The predicted molar refractivity (Wildman–Crippen MR) is 61.3 cm³/mol. The molecule has 0 spiro atoms. The van der Waals surface area contributed by atoms with E-state index in [2.05, 4.69) is 11.4 Å². The zero-order chi connectivity index (χ0) is 11.1. The van der Waals surface area contributed by atoms with Crippen molar-refractivity contribution in [1.82, 2.24) is 5.32 Å². The molecule has 0 atom stereocenters. The Morgan fingerprint density at radius 1 is 1.27 bits per heavy atom. The Morgan fingerprint density at radius 2 is 2.07 bits per heavy atom. The molecule has 1 rings (SSSR count). The molecule has 1 N–H and O–H groups in total. The lowest BCUT2D eigenvalue weighted by Gasteiger charge is -2.10. The van der Waals surface area contributed by atoms with Crippen LogP contribution in [0.5, 0.6) is 5.75 Å². The summed E-state index contributed by atoms with van der Waals surface area (Å²) in [5.74, 6) is 0.949. The Kier molecular flexibility index (Phi) is 5.15. The summed E-state index contributed by atoms with van der Waals surface area (Å²) in [4.78, 5) is 0. The van der Waals surface area contributed by atoms with E-state index in [0.717, 1.165) is 18.7 Å². The van der Waals surface area contributed by atoms with Gasteiger partial charge in [-0.1, -0.05) is 6.07 Å². The van der Waals surface area contributed by atoms with Gasteiger partial charge in [-0.3, -0.25) is 0 Å². The molecular formula is C12H19NO2. The molecule has 0 radical (unpaired) electrons. The van der Waals surface area contributed by atoms with Crippen LogP contribution in [0, 0.1) is 0 Å². The van der Waals surface area contributed by atoms with Crippen LogP contribution in [0.1, 0.15) is 11.1 Å². The second kappa shape index (κ2) is 6.43. The summed E-state index contributed by atoms with van der Waals surface area (Å²) in [5, 5.41) is 3.13. The molecule has 0 aliphatic carbocycles. The highest BCUT2D eigenvalue weighted by Gasteiger charge is 2.03. The zero-order valence-electron chi connectivity index (χ0n) is 9.67. The molecule has 3 heteroatoms. The van der Waals surface area contributed by atoms with Crippen LogP contribution in [0.25, 0.3) is 0 Å². The van der Waals surface area contributed by atoms with E-state index in [9.17, 15) is 0 Å². The standard InChI is InChI=1S/C12H19NO2/c1-13-7-6-11-8-10(9-14-2)4-5-12(11)15-3/h4-5,8,13H,6-7,9H2,1-3H3. The van der Waals surface area contributed by atoms with Crippen LogP contribution in [0.3, 0.4) is 0 Å². The highest BCUT2D eigenvalue weighted by Crippen LogP contribution is 2.20. The van der Waals surface area contributed by atoms with Gasteiger partial charge < -0.3 is 14.8 Å². The second-order valence-electron chi connectivity index (χ2n) is 3.43. The first-order valence-corrected chi connectivity index (χ1v) is 5.11. The molecule has 0 bridgehead atoms. The van der Waals surface area contributed by atoms with Gasteiger partial charge in [-0.2, -0.15) is 0 Å². The van der Waals surface area contributed by atoms with Crippen molar-refractivity contribution in [1.29, 1.82) is 0 Å². The third-order valence-electron chi connectivity index (χ3n) is 2.30. The van der Waals surface area contributed by atoms with E-state index >= 15 is 0 Å². The fourth-order valence-electron chi connectivity index (χ4n) is 1.54. The Morgan fingerprint density at radius 3 is 2.67 bits per heavy atom. The predicted octanol–water partition coefficient (Wildman–Crippen LogP) is 1.60. The largest absolute Gasteiger partial charge is 0.496 e. The first-order valence-electron chi connectivity index (χ1n) is 5.11. The molecule has 0 aromatic heterocycles. The van der Waals surface area contributed by atoms with Crippen LogP contribution in [0.2, 0.25) is 0 Å². The van der Waals surface area contributed by atoms with Crippen LogP contribution in [0.4, 0.5) is 0 Å². The summed E-state index contributed by atoms with van der Waals surface area (Å²) in [7, 11) is 5.36. The lowest BCUT2D eigenvalue weighted by molar-refractivity contribution is 0.184. The molecule has 1 aromatic rings. The highest BCUT2D eigenvalue weighted by atomic mass is 16.5. The van der Waals surface area contributed by atoms with Crippen LogP contribution < -0.4 is 10.1 Å². The smallest absolute Gasteiger partial charge is 0.122 e. The molecule has 3 nitrogen and oxygen atoms in total. The van der Waals surface area contributed by atoms with Crippen LogP contribution in [-0.4, -0.2) is 27.8 Å². The molecule has 0 saturated heterocycles. The van der Waals surface area contributed by atoms with Crippen LogP contribution in [0.15, 0.2) is 18.2 Å². The number of benzene rings is 1. The van der Waals surface area contributed by atoms with Crippen molar-refractivity contribution in [2.24, 2.45) is 0 Å². The first-order chi connectivity index (χ1) is 7.31. The van der Waals surface area contributed by atoms with E-state index < -0.39 is 0 Å². The number of rotatable bonds is 6. The molecule has 0 amide bonds. The molecule has 0 unspecified atom stereocenters. The van der Waals surface area contributed by atoms with Crippen molar-refractivity contribution in [3.05, 3.63) is 29.3 Å². The van der Waals surface area contributed by atoms with Gasteiger partial charge in [-0.25, -0.2) is 0 Å². The SMILES string of the molecule is CNCCc1cc(COC)ccc1OC. The molecule has 1 aromatic carbocycles. The molecule has 0 heterocycles. The van der Waals surface area contributed by atoms with Crippen molar-refractivity contribution >= 4 is 0 Å². The van der Waals surface area contributed by atoms with Gasteiger partial charge in [0.25, 0.3) is 0 Å². The molecule has 0 aliphatic rings. The van der Waals surface area contributed by atoms with E-state index in [4.69, 9.17) is 9.47 Å². The average Bonchev–Trinajstić information content (AvgIpc) is 2.27. The maximum atomic E-state index is 5.31. The van der Waals surface area contributed by atoms with Gasteiger partial charge in [0.15, 0.2) is 0 Å². The molecule has 0 aliphatic heterocycles. The molecule has 0 saturated carbocycles. The molecule has 15 heavy (non-hydrogen) atoms. The summed E-state index contributed by atoms with van der Waals surface area (Å²) >= 11 is 0. The van der Waals surface area contributed by atoms with Crippen LogP contribution >= 0.6 is 0 Å². The van der Waals surface area contributed by atoms with E-state index in [0.29, 0.717) is 6.61 Å². The fourth-order valence-corrected chi connectivity index (χ4v) is 1.54. The average molecular weight is 209 g/mol. The van der Waals surface area contributed by atoms with E-state index in [1.165, 1.54) is 11.1 Å². The Hall–Kier alpha value is -1.06. The quantitative estimate of drug-likeness (QED) is 0.772. The monoisotopic (exact) mass is 209 g/mol. The summed E-state index contributed by atoms with van der Waals surface area (Å²) in [5.41, 5.74) is 2.41. The van der Waals surface area contributed by atoms with Gasteiger partial charge in [0.2, 0.25) is 0 Å². The first kappa shape index (κ1) is 12.0. The lowest BCUT2D eigenvalue weighted by atomic mass is 10.1. The fraction of sp³-hybridized carbons (Fsp3) is 0.500. The lowest BCUT2D eigenvalue weighted by Crippen LogP contribution is -2.11. The van der Waals surface area contributed by atoms with Crippen molar-refractivity contribution in [3.63, 3.8) is 0 Å². The van der Waals surface area contributed by atoms with Crippen LogP contribution in [-0.2, 0) is 17.8 Å². The number of nitrogens with one attached hydrogen (secondary N) is 1. The number of hydrogen-bond acceptors (Lipinski definition) is 3. The zero-order valence-corrected chi connectivity index (χ0v) is 9.67. The summed E-state index contributed by atoms with van der Waals surface area (Å²) in [6.07, 6.45) is 0.969. The van der Waals surface area contributed by atoms with E-state index in [-0.39, 0.29) is 0 Å². The minimum atomic E-state index is 0.649.